The number of nitrogens with one attached hydrogen (secondary N) is 1. The summed E-state index contributed by atoms with van der Waals surface area (Å²) in [5, 5.41) is 7.99. The molecule has 0 spiro atoms. The minimum absolute atomic E-state index is 0.252. The fourth-order valence-corrected chi connectivity index (χ4v) is 3.85. The summed E-state index contributed by atoms with van der Waals surface area (Å²) in [6.45, 7) is 9.68. The first-order valence-electron chi connectivity index (χ1n) is 10.5. The van der Waals surface area contributed by atoms with Gasteiger partial charge in [-0.05, 0) is 49.4 Å². The minimum atomic E-state index is -0.575. The van der Waals surface area contributed by atoms with E-state index in [0.717, 1.165) is 22.4 Å². The standard InChI is InChI=1S/C25H28ClN3O3/c1-15(2)20-11-8-9-16(3)24(20)27-22(30)14-32-25(31)23-17(4)28-29(18(23)5)13-19-10-6-7-12-21(19)26/h6-12,15H,13-14H2,1-5H3,(H,27,30). The lowest BCUT2D eigenvalue weighted by atomic mass is 9.98. The van der Waals surface area contributed by atoms with E-state index < -0.39 is 5.97 Å². The van der Waals surface area contributed by atoms with Crippen LogP contribution in [-0.2, 0) is 16.1 Å². The Labute approximate surface area is 193 Å². The number of anilines is 1. The Bertz CT molecular complexity index is 1150. The molecule has 0 unspecified atom stereocenters. The second kappa shape index (κ2) is 10.0. The van der Waals surface area contributed by atoms with Gasteiger partial charge in [0, 0.05) is 10.7 Å². The summed E-state index contributed by atoms with van der Waals surface area (Å²) < 4.78 is 7.04. The molecule has 1 amide bonds. The van der Waals surface area contributed by atoms with Crippen molar-refractivity contribution in [3.63, 3.8) is 0 Å². The first kappa shape index (κ1) is 23.5. The van der Waals surface area contributed by atoms with E-state index in [1.807, 2.05) is 49.4 Å². The zero-order valence-corrected chi connectivity index (χ0v) is 19.8. The number of carbonyl (C=O) groups is 2. The third kappa shape index (κ3) is 5.19. The SMILES string of the molecule is Cc1cccc(C(C)C)c1NC(=O)COC(=O)c1c(C)nn(Cc2ccccc2Cl)c1C. The molecule has 0 fully saturated rings. The molecule has 3 aromatic rings. The third-order valence-corrected chi connectivity index (χ3v) is 5.76. The Balaban J connectivity index is 1.69. The molecular weight excluding hydrogens is 426 g/mol. The van der Waals surface area contributed by atoms with Crippen molar-refractivity contribution in [2.24, 2.45) is 0 Å². The number of hydrogen-bond donors (Lipinski definition) is 1. The predicted molar refractivity (Wildman–Crippen MR) is 126 cm³/mol. The molecule has 0 aliphatic rings. The van der Waals surface area contributed by atoms with Crippen molar-refractivity contribution < 1.29 is 14.3 Å². The molecule has 0 atom stereocenters. The number of amides is 1. The summed E-state index contributed by atoms with van der Waals surface area (Å²) in [7, 11) is 0. The molecule has 0 radical (unpaired) electrons. The molecule has 0 bridgehead atoms. The van der Waals surface area contributed by atoms with Gasteiger partial charge in [0.05, 0.1) is 17.9 Å². The minimum Gasteiger partial charge on any atom is -0.452 e. The second-order valence-electron chi connectivity index (χ2n) is 8.11. The van der Waals surface area contributed by atoms with Gasteiger partial charge >= 0.3 is 5.97 Å². The van der Waals surface area contributed by atoms with Crippen molar-refractivity contribution in [3.05, 3.63) is 81.1 Å². The molecule has 3 rings (SSSR count). The molecule has 1 aromatic heterocycles. The van der Waals surface area contributed by atoms with Gasteiger partial charge < -0.3 is 10.1 Å². The molecular formula is C25H28ClN3O3. The van der Waals surface area contributed by atoms with Crippen molar-refractivity contribution in [2.75, 3.05) is 11.9 Å². The lowest BCUT2D eigenvalue weighted by Crippen LogP contribution is -2.22. The topological polar surface area (TPSA) is 73.2 Å². The first-order valence-corrected chi connectivity index (χ1v) is 10.9. The number of benzene rings is 2. The van der Waals surface area contributed by atoms with E-state index in [0.29, 0.717) is 28.5 Å². The normalized spacial score (nSPS) is 11.0. The number of carbonyl (C=O) groups excluding carboxylic acids is 2. The highest BCUT2D eigenvalue weighted by Gasteiger charge is 2.22. The number of esters is 1. The smallest absolute Gasteiger partial charge is 0.342 e. The van der Waals surface area contributed by atoms with E-state index in [9.17, 15) is 9.59 Å². The second-order valence-corrected chi connectivity index (χ2v) is 8.52. The van der Waals surface area contributed by atoms with Gasteiger partial charge in [-0.15, -0.1) is 0 Å². The van der Waals surface area contributed by atoms with Crippen LogP contribution in [0.4, 0.5) is 5.69 Å². The van der Waals surface area contributed by atoms with E-state index in [1.54, 1.807) is 18.5 Å². The van der Waals surface area contributed by atoms with Gasteiger partial charge in [-0.25, -0.2) is 4.79 Å². The van der Waals surface area contributed by atoms with Crippen LogP contribution in [0.5, 0.6) is 0 Å². The molecule has 0 aliphatic carbocycles. The number of hydrogen-bond acceptors (Lipinski definition) is 4. The largest absolute Gasteiger partial charge is 0.452 e. The van der Waals surface area contributed by atoms with Gasteiger partial charge in [0.1, 0.15) is 5.56 Å². The summed E-state index contributed by atoms with van der Waals surface area (Å²) in [6.07, 6.45) is 0. The molecule has 1 N–H and O–H groups in total. The summed E-state index contributed by atoms with van der Waals surface area (Å²) in [4.78, 5) is 25.2. The molecule has 0 saturated heterocycles. The van der Waals surface area contributed by atoms with Gasteiger partial charge in [0.2, 0.25) is 0 Å². The molecule has 2 aromatic carbocycles. The molecule has 0 aliphatic heterocycles. The van der Waals surface area contributed by atoms with E-state index in [-0.39, 0.29) is 18.4 Å². The van der Waals surface area contributed by atoms with Crippen LogP contribution in [-0.4, -0.2) is 28.3 Å². The molecule has 32 heavy (non-hydrogen) atoms. The van der Waals surface area contributed by atoms with Crippen LogP contribution in [0.2, 0.25) is 5.02 Å². The van der Waals surface area contributed by atoms with E-state index in [4.69, 9.17) is 16.3 Å². The van der Waals surface area contributed by atoms with Crippen molar-refractivity contribution >= 4 is 29.2 Å². The first-order chi connectivity index (χ1) is 15.2. The van der Waals surface area contributed by atoms with E-state index in [2.05, 4.69) is 24.3 Å². The molecule has 1 heterocycles. The number of ether oxygens (including phenoxy) is 1. The fourth-order valence-electron chi connectivity index (χ4n) is 3.66. The number of para-hydroxylation sites is 1. The van der Waals surface area contributed by atoms with E-state index >= 15 is 0 Å². The Morgan fingerprint density at radius 2 is 1.81 bits per heavy atom. The van der Waals surface area contributed by atoms with Gasteiger partial charge in [-0.2, -0.15) is 5.10 Å². The summed E-state index contributed by atoms with van der Waals surface area (Å²) in [5.41, 5.74) is 5.24. The highest BCUT2D eigenvalue weighted by molar-refractivity contribution is 6.31. The summed E-state index contributed by atoms with van der Waals surface area (Å²) in [6, 6.07) is 13.4. The predicted octanol–water partition coefficient (Wildman–Crippen LogP) is 5.43. The highest BCUT2D eigenvalue weighted by atomic mass is 35.5. The van der Waals surface area contributed by atoms with Crippen molar-refractivity contribution in [1.82, 2.24) is 9.78 Å². The maximum Gasteiger partial charge on any atom is 0.342 e. The molecule has 7 heteroatoms. The van der Waals surface area contributed by atoms with Gasteiger partial charge in [0.25, 0.3) is 5.91 Å². The number of aromatic nitrogens is 2. The Morgan fingerprint density at radius 1 is 1.09 bits per heavy atom. The number of nitrogens with zero attached hydrogens (tertiary/aromatic N) is 2. The number of rotatable bonds is 7. The zero-order valence-electron chi connectivity index (χ0n) is 19.0. The van der Waals surface area contributed by atoms with Crippen molar-refractivity contribution in [1.29, 1.82) is 0 Å². The van der Waals surface area contributed by atoms with Crippen LogP contribution >= 0.6 is 11.6 Å². The van der Waals surface area contributed by atoms with Crippen LogP contribution in [0.15, 0.2) is 42.5 Å². The molecule has 0 saturated carbocycles. The quantitative estimate of drug-likeness (QED) is 0.484. The average Bonchev–Trinajstić information content (AvgIpc) is 3.02. The third-order valence-electron chi connectivity index (χ3n) is 5.39. The number of halogens is 1. The Morgan fingerprint density at radius 3 is 2.50 bits per heavy atom. The van der Waals surface area contributed by atoms with Crippen LogP contribution in [0, 0.1) is 20.8 Å². The summed E-state index contributed by atoms with van der Waals surface area (Å²) >= 11 is 6.25. The number of aryl methyl sites for hydroxylation is 2. The van der Waals surface area contributed by atoms with Gasteiger partial charge in [-0.3, -0.25) is 9.48 Å². The van der Waals surface area contributed by atoms with Crippen LogP contribution in [0.3, 0.4) is 0 Å². The van der Waals surface area contributed by atoms with Gasteiger partial charge in [-0.1, -0.05) is 61.8 Å². The zero-order chi connectivity index (χ0) is 23.4. The van der Waals surface area contributed by atoms with Crippen molar-refractivity contribution in [3.8, 4) is 0 Å². The van der Waals surface area contributed by atoms with Crippen LogP contribution in [0.1, 0.15) is 58.2 Å². The lowest BCUT2D eigenvalue weighted by Gasteiger charge is -2.16. The van der Waals surface area contributed by atoms with Gasteiger partial charge in [0.15, 0.2) is 6.61 Å². The highest BCUT2D eigenvalue weighted by Crippen LogP contribution is 2.27. The van der Waals surface area contributed by atoms with Crippen LogP contribution < -0.4 is 5.32 Å². The lowest BCUT2D eigenvalue weighted by molar-refractivity contribution is -0.119. The monoisotopic (exact) mass is 453 g/mol. The maximum atomic E-state index is 12.7. The van der Waals surface area contributed by atoms with Crippen LogP contribution in [0.25, 0.3) is 0 Å². The van der Waals surface area contributed by atoms with E-state index in [1.165, 1.54) is 0 Å². The fraction of sp³-hybridized carbons (Fsp3) is 0.320. The molecule has 168 valence electrons. The Hall–Kier alpha value is -3.12. The van der Waals surface area contributed by atoms with Crippen molar-refractivity contribution in [2.45, 2.75) is 47.1 Å². The Kier molecular flexibility index (Phi) is 7.36. The maximum absolute atomic E-state index is 12.7. The summed E-state index contributed by atoms with van der Waals surface area (Å²) in [5.74, 6) is -0.704. The average molecular weight is 454 g/mol. The molecule has 6 nitrogen and oxygen atoms in total.